The van der Waals surface area contributed by atoms with Crippen LogP contribution < -0.4 is 0 Å². The molecule has 15 aromatic rings. The molecule has 72 heavy (non-hydrogen) atoms. The van der Waals surface area contributed by atoms with Gasteiger partial charge in [-0.25, -0.2) is 9.97 Å². The van der Waals surface area contributed by atoms with Gasteiger partial charge in [-0.3, -0.25) is 0 Å². The van der Waals surface area contributed by atoms with Crippen LogP contribution in [0.5, 0.6) is 0 Å². The Kier molecular flexibility index (Phi) is 8.79. The predicted octanol–water partition coefficient (Wildman–Crippen LogP) is 17.5. The normalized spacial score (nSPS) is 11.9. The van der Waals surface area contributed by atoms with Gasteiger partial charge in [0, 0.05) is 69.5 Å². The molecule has 0 fully saturated rings. The van der Waals surface area contributed by atoms with Gasteiger partial charge in [0.2, 0.25) is 0 Å². The number of hydrogen-bond acceptors (Lipinski definition) is 5. The Morgan fingerprint density at radius 1 is 0.431 bits per heavy atom. The molecule has 0 radical (unpaired) electrons. The lowest BCUT2D eigenvalue weighted by Crippen LogP contribution is -2.02. The maximum absolute atomic E-state index is 10.8. The average Bonchev–Trinajstić information content (AvgIpc) is 4.21. The first-order valence-electron chi connectivity index (χ1n) is 24.0. The van der Waals surface area contributed by atoms with Crippen LogP contribution in [0, 0.1) is 11.3 Å². The monoisotopic (exact) mass is 935 g/mol. The molecule has 0 N–H and O–H groups in total. The summed E-state index contributed by atoms with van der Waals surface area (Å²) in [7, 11) is 0. The molecule has 5 aromatic heterocycles. The van der Waals surface area contributed by atoms with Crippen molar-refractivity contribution in [3.63, 3.8) is 0 Å². The zero-order chi connectivity index (χ0) is 47.4. The van der Waals surface area contributed by atoms with E-state index in [4.69, 9.17) is 14.4 Å². The first-order valence-corrected chi connectivity index (χ1v) is 24.9. The number of thiophene rings is 1. The van der Waals surface area contributed by atoms with Crippen LogP contribution in [0.4, 0.5) is 0 Å². The lowest BCUT2D eigenvalue weighted by molar-refractivity contribution is 0.669. The highest BCUT2D eigenvalue weighted by Crippen LogP contribution is 2.49. The number of fused-ring (bicyclic) bond motifs is 13. The summed E-state index contributed by atoms with van der Waals surface area (Å²) in [6, 6.07) is 81.4. The number of aromatic nitrogens is 4. The zero-order valence-electron chi connectivity index (χ0n) is 38.4. The van der Waals surface area contributed by atoms with Crippen LogP contribution in [-0.2, 0) is 0 Å². The fourth-order valence-electron chi connectivity index (χ4n) is 11.3. The van der Waals surface area contributed by atoms with E-state index in [-0.39, 0.29) is 0 Å². The Bertz CT molecular complexity index is 4690. The lowest BCUT2D eigenvalue weighted by Gasteiger charge is -2.16. The van der Waals surface area contributed by atoms with Crippen LogP contribution in [-0.4, -0.2) is 19.1 Å². The lowest BCUT2D eigenvalue weighted by atomic mass is 9.96. The van der Waals surface area contributed by atoms with Gasteiger partial charge in [-0.1, -0.05) is 158 Å². The molecule has 0 aliphatic rings. The van der Waals surface area contributed by atoms with Gasteiger partial charge in [-0.15, -0.1) is 11.3 Å². The molecule has 0 spiro atoms. The average molecular weight is 936 g/mol. The van der Waals surface area contributed by atoms with Gasteiger partial charge in [0.15, 0.2) is 5.82 Å². The molecule has 0 unspecified atom stereocenters. The van der Waals surface area contributed by atoms with Crippen molar-refractivity contribution >= 4 is 97.1 Å². The highest BCUT2D eigenvalue weighted by Gasteiger charge is 2.28. The third-order valence-electron chi connectivity index (χ3n) is 14.4. The highest BCUT2D eigenvalue weighted by molar-refractivity contribution is 7.25. The fraction of sp³-hybridized carbons (Fsp3) is 0. The minimum absolute atomic E-state index is 0.417. The van der Waals surface area contributed by atoms with Gasteiger partial charge < -0.3 is 13.6 Å². The van der Waals surface area contributed by atoms with Crippen LogP contribution in [0.2, 0.25) is 0 Å². The summed E-state index contributed by atoms with van der Waals surface area (Å²) in [6.07, 6.45) is 0. The topological polar surface area (TPSA) is 72.6 Å². The second-order valence-corrected chi connectivity index (χ2v) is 19.4. The zero-order valence-corrected chi connectivity index (χ0v) is 39.2. The quantitative estimate of drug-likeness (QED) is 0.166. The van der Waals surface area contributed by atoms with Gasteiger partial charge >= 0.3 is 0 Å². The summed E-state index contributed by atoms with van der Waals surface area (Å²) in [5.41, 5.74) is 14.2. The van der Waals surface area contributed by atoms with Crippen LogP contribution in [0.1, 0.15) is 5.56 Å². The first kappa shape index (κ1) is 40.3. The Balaban J connectivity index is 1.08. The Morgan fingerprint density at radius 3 is 1.75 bits per heavy atom. The Morgan fingerprint density at radius 2 is 1.03 bits per heavy atom. The SMILES string of the molecule is N#Cc1c(-c2ccccc2)nc(-c2ccc(-n3c4ccccc4c4cc(-c5ccc6sc7ccccc7c6c5)c5c(c6ccccc6n5-c5ccccc5)c43)c3c2oc2ccccc23)nc1-c1ccccc1. The molecule has 0 aliphatic carbocycles. The number of furan rings is 1. The third-order valence-corrected chi connectivity index (χ3v) is 15.5. The van der Waals surface area contributed by atoms with Gasteiger partial charge in [-0.05, 0) is 72.3 Å². The van der Waals surface area contributed by atoms with Crippen molar-refractivity contribution in [2.45, 2.75) is 0 Å². The van der Waals surface area contributed by atoms with E-state index in [0.29, 0.717) is 28.4 Å². The largest absolute Gasteiger partial charge is 0.455 e. The van der Waals surface area contributed by atoms with E-state index < -0.39 is 0 Å². The summed E-state index contributed by atoms with van der Waals surface area (Å²) in [4.78, 5) is 10.5. The minimum Gasteiger partial charge on any atom is -0.455 e. The van der Waals surface area contributed by atoms with E-state index >= 15 is 0 Å². The smallest absolute Gasteiger partial charge is 0.164 e. The van der Waals surface area contributed by atoms with Crippen LogP contribution in [0.25, 0.3) is 142 Å². The van der Waals surface area contributed by atoms with Crippen molar-refractivity contribution < 1.29 is 4.42 Å². The van der Waals surface area contributed by atoms with Crippen molar-refractivity contribution in [1.29, 1.82) is 5.26 Å². The molecule has 0 aliphatic heterocycles. The van der Waals surface area contributed by atoms with Gasteiger partial charge in [0.05, 0.1) is 50.1 Å². The number of hydrogen-bond donors (Lipinski definition) is 0. The van der Waals surface area contributed by atoms with Crippen LogP contribution in [0.15, 0.2) is 229 Å². The Hall–Kier alpha value is -9.61. The summed E-state index contributed by atoms with van der Waals surface area (Å²) in [6.45, 7) is 0. The number of para-hydroxylation sites is 4. The fourth-order valence-corrected chi connectivity index (χ4v) is 12.4. The predicted molar refractivity (Wildman–Crippen MR) is 297 cm³/mol. The molecule has 0 atom stereocenters. The van der Waals surface area contributed by atoms with E-state index in [0.717, 1.165) is 99.2 Å². The molecule has 10 aromatic carbocycles. The molecule has 6 nitrogen and oxygen atoms in total. The summed E-state index contributed by atoms with van der Waals surface area (Å²) >= 11 is 1.84. The third kappa shape index (κ3) is 5.88. The molecule has 15 rings (SSSR count). The van der Waals surface area contributed by atoms with E-state index in [1.54, 1.807) is 0 Å². The van der Waals surface area contributed by atoms with Crippen LogP contribution >= 0.6 is 11.3 Å². The number of rotatable bonds is 6. The van der Waals surface area contributed by atoms with Gasteiger partial charge in [0.25, 0.3) is 0 Å². The van der Waals surface area contributed by atoms with E-state index in [9.17, 15) is 5.26 Å². The van der Waals surface area contributed by atoms with Crippen molar-refractivity contribution in [3.8, 4) is 62.5 Å². The second kappa shape index (κ2) is 15.7. The minimum atomic E-state index is 0.417. The van der Waals surface area contributed by atoms with Gasteiger partial charge in [0.1, 0.15) is 22.8 Å². The number of benzene rings is 10. The molecule has 7 heteroatoms. The molecule has 0 bridgehead atoms. The van der Waals surface area contributed by atoms with Crippen molar-refractivity contribution in [2.75, 3.05) is 0 Å². The molecule has 0 amide bonds. The molecular weight excluding hydrogens is 899 g/mol. The second-order valence-electron chi connectivity index (χ2n) is 18.3. The van der Waals surface area contributed by atoms with E-state index in [2.05, 4.69) is 167 Å². The maximum Gasteiger partial charge on any atom is 0.164 e. The van der Waals surface area contributed by atoms with Crippen molar-refractivity contribution in [2.24, 2.45) is 0 Å². The first-order chi connectivity index (χ1) is 35.7. The Labute approximate surface area is 416 Å². The number of nitriles is 1. The van der Waals surface area contributed by atoms with Gasteiger partial charge in [-0.2, -0.15) is 5.26 Å². The molecule has 0 saturated carbocycles. The van der Waals surface area contributed by atoms with E-state index in [1.165, 1.54) is 20.2 Å². The standard InChI is InChI=1S/C65H37N5OS/c66-38-51-60(39-18-4-1-5-19-39)67-65(68-61(51)40-20-6-2-7-21-40)47-33-34-54(58-46-27-12-16-30-55(46)71-64(47)58)70-52-28-14-10-24-43(52)50-37-48(41-32-35-57-49(36-41)44-25-13-17-31-56(44)72-57)62-59(63(50)70)45-26-11-15-29-53(45)69(62)42-22-8-3-9-23-42/h1-37H. The number of nitrogens with zero attached hydrogens (tertiary/aromatic N) is 5. The molecule has 0 saturated heterocycles. The maximum atomic E-state index is 10.8. The molecule has 5 heterocycles. The summed E-state index contributed by atoms with van der Waals surface area (Å²) < 4.78 is 14.5. The summed E-state index contributed by atoms with van der Waals surface area (Å²) in [5, 5.41) is 19.9. The van der Waals surface area contributed by atoms with Crippen molar-refractivity contribution in [1.82, 2.24) is 19.1 Å². The summed E-state index contributed by atoms with van der Waals surface area (Å²) in [5.74, 6) is 0.470. The van der Waals surface area contributed by atoms with Crippen molar-refractivity contribution in [3.05, 3.63) is 230 Å². The highest BCUT2D eigenvalue weighted by atomic mass is 32.1. The molecular formula is C65H37N5OS. The van der Waals surface area contributed by atoms with Crippen LogP contribution in [0.3, 0.4) is 0 Å². The molecule has 334 valence electrons. The van der Waals surface area contributed by atoms with E-state index in [1.807, 2.05) is 84.1 Å².